The van der Waals surface area contributed by atoms with Crippen molar-refractivity contribution in [3.8, 4) is 5.75 Å². The molecule has 0 spiro atoms. The van der Waals surface area contributed by atoms with E-state index < -0.39 is 23.5 Å². The fraction of sp³-hybridized carbons (Fsp3) is 0.143. The summed E-state index contributed by atoms with van der Waals surface area (Å²) in [7, 11) is 2.89. The van der Waals surface area contributed by atoms with Crippen molar-refractivity contribution >= 4 is 28.6 Å². The number of benzene rings is 2. The number of hydrogen-bond donors (Lipinski definition) is 1. The molecule has 1 aromatic heterocycles. The van der Waals surface area contributed by atoms with Crippen molar-refractivity contribution < 1.29 is 28.6 Å². The van der Waals surface area contributed by atoms with Gasteiger partial charge in [0, 0.05) is 19.5 Å². The molecule has 0 atom stereocenters. The highest BCUT2D eigenvalue weighted by atomic mass is 19.1. The second-order valence-corrected chi connectivity index (χ2v) is 6.49. The highest BCUT2D eigenvalue weighted by Gasteiger charge is 2.21. The lowest BCUT2D eigenvalue weighted by Crippen LogP contribution is -2.30. The van der Waals surface area contributed by atoms with Crippen LogP contribution in [0.5, 0.6) is 5.75 Å². The predicted octanol–water partition coefficient (Wildman–Crippen LogP) is 2.71. The summed E-state index contributed by atoms with van der Waals surface area (Å²) >= 11 is 0. The third-order valence-electron chi connectivity index (χ3n) is 4.14. The van der Waals surface area contributed by atoms with Crippen molar-refractivity contribution in [3.05, 3.63) is 71.2 Å². The van der Waals surface area contributed by atoms with Crippen LogP contribution in [0.15, 0.2) is 48.5 Å². The molecular weight excluding hydrogens is 379 g/mol. The third-order valence-corrected chi connectivity index (χ3v) is 4.14. The fourth-order valence-electron chi connectivity index (χ4n) is 2.59. The molecule has 0 aliphatic rings. The summed E-state index contributed by atoms with van der Waals surface area (Å²) in [5.74, 6) is -2.89. The molecule has 0 saturated carbocycles. The number of rotatable bonds is 5. The predicted molar refractivity (Wildman–Crippen MR) is 102 cm³/mol. The van der Waals surface area contributed by atoms with Gasteiger partial charge in [0.2, 0.25) is 0 Å². The molecule has 0 bridgehead atoms. The van der Waals surface area contributed by atoms with Gasteiger partial charge in [-0.15, -0.1) is 0 Å². The van der Waals surface area contributed by atoms with E-state index in [4.69, 9.17) is 4.74 Å². The maximum atomic E-state index is 12.9. The molecule has 0 unspecified atom stereocenters. The standard InChI is InChI=1S/C21H17FN2O5/c1-24(2)20(27)19(26)16-8-7-15-17(23-16)9-13(10-18(15)25)21(28)29-11-12-3-5-14(22)6-4-12/h3-10,25H,11H2,1-2H3. The van der Waals surface area contributed by atoms with E-state index in [1.54, 1.807) is 0 Å². The molecule has 7 nitrogen and oxygen atoms in total. The highest BCUT2D eigenvalue weighted by Crippen LogP contribution is 2.26. The van der Waals surface area contributed by atoms with Gasteiger partial charge in [0.25, 0.3) is 11.7 Å². The van der Waals surface area contributed by atoms with Gasteiger partial charge in [-0.2, -0.15) is 0 Å². The molecule has 2 aromatic carbocycles. The van der Waals surface area contributed by atoms with Gasteiger partial charge < -0.3 is 14.7 Å². The van der Waals surface area contributed by atoms with Crippen molar-refractivity contribution in [2.75, 3.05) is 14.1 Å². The van der Waals surface area contributed by atoms with Crippen molar-refractivity contribution in [1.29, 1.82) is 0 Å². The van der Waals surface area contributed by atoms with Crippen LogP contribution in [0.2, 0.25) is 0 Å². The number of fused-ring (bicyclic) bond motifs is 1. The van der Waals surface area contributed by atoms with Crippen molar-refractivity contribution in [2.45, 2.75) is 6.61 Å². The fourth-order valence-corrected chi connectivity index (χ4v) is 2.59. The number of halogens is 1. The number of nitrogens with zero attached hydrogens (tertiary/aromatic N) is 2. The first-order chi connectivity index (χ1) is 13.8. The molecule has 29 heavy (non-hydrogen) atoms. The first kappa shape index (κ1) is 19.9. The number of aromatic nitrogens is 1. The lowest BCUT2D eigenvalue weighted by molar-refractivity contribution is -0.124. The number of ketones is 1. The maximum Gasteiger partial charge on any atom is 0.338 e. The van der Waals surface area contributed by atoms with Crippen LogP contribution in [-0.2, 0) is 16.1 Å². The molecule has 0 fully saturated rings. The number of phenols is 1. The zero-order valence-electron chi connectivity index (χ0n) is 15.7. The molecule has 3 aromatic rings. The molecule has 0 aliphatic heterocycles. The van der Waals surface area contributed by atoms with Crippen LogP contribution in [-0.4, -0.2) is 46.7 Å². The molecule has 1 heterocycles. The quantitative estimate of drug-likeness (QED) is 0.405. The summed E-state index contributed by atoms with van der Waals surface area (Å²) in [6.07, 6.45) is 0. The van der Waals surface area contributed by atoms with Gasteiger partial charge in [-0.3, -0.25) is 9.59 Å². The van der Waals surface area contributed by atoms with Crippen molar-refractivity contribution in [2.24, 2.45) is 0 Å². The van der Waals surface area contributed by atoms with Gasteiger partial charge in [-0.05, 0) is 42.0 Å². The van der Waals surface area contributed by atoms with Gasteiger partial charge in [0.15, 0.2) is 0 Å². The van der Waals surface area contributed by atoms with E-state index >= 15 is 0 Å². The minimum absolute atomic E-state index is 0.0214. The summed E-state index contributed by atoms with van der Waals surface area (Å²) in [5, 5.41) is 10.5. The Bertz CT molecular complexity index is 1110. The number of esters is 1. The Labute approximate surface area is 165 Å². The average Bonchev–Trinajstić information content (AvgIpc) is 2.71. The van der Waals surface area contributed by atoms with Crippen LogP contribution in [0.1, 0.15) is 26.4 Å². The number of amides is 1. The third kappa shape index (κ3) is 4.37. The lowest BCUT2D eigenvalue weighted by atomic mass is 10.1. The molecule has 8 heteroatoms. The minimum Gasteiger partial charge on any atom is -0.507 e. The average molecular weight is 396 g/mol. The Hall–Kier alpha value is -3.81. The number of Topliss-reactive ketones (excluding diaryl/α,β-unsaturated/α-hetero) is 1. The number of likely N-dealkylation sites (N-methyl/N-ethyl adjacent to an activating group) is 1. The zero-order chi connectivity index (χ0) is 21.1. The number of ether oxygens (including phenoxy) is 1. The SMILES string of the molecule is CN(C)C(=O)C(=O)c1ccc2c(O)cc(C(=O)OCc3ccc(F)cc3)cc2n1. The topological polar surface area (TPSA) is 96.8 Å². The van der Waals surface area contributed by atoms with E-state index in [0.717, 1.165) is 4.90 Å². The van der Waals surface area contributed by atoms with Crippen molar-refractivity contribution in [1.82, 2.24) is 9.88 Å². The summed E-state index contributed by atoms with van der Waals surface area (Å²) < 4.78 is 18.1. The van der Waals surface area contributed by atoms with Gasteiger partial charge in [0.05, 0.1) is 11.1 Å². The molecule has 148 valence electrons. The second-order valence-electron chi connectivity index (χ2n) is 6.49. The Balaban J connectivity index is 1.86. The Morgan fingerprint density at radius 2 is 1.76 bits per heavy atom. The number of aromatic hydroxyl groups is 1. The van der Waals surface area contributed by atoms with Gasteiger partial charge in [0.1, 0.15) is 23.9 Å². The number of carbonyl (C=O) groups excluding carboxylic acids is 3. The normalized spacial score (nSPS) is 10.6. The van der Waals surface area contributed by atoms with Crippen LogP contribution in [0.25, 0.3) is 10.9 Å². The monoisotopic (exact) mass is 396 g/mol. The van der Waals surface area contributed by atoms with E-state index in [1.807, 2.05) is 0 Å². The van der Waals surface area contributed by atoms with Crippen LogP contribution < -0.4 is 0 Å². The first-order valence-electron chi connectivity index (χ1n) is 8.57. The molecule has 3 rings (SSSR count). The van der Waals surface area contributed by atoms with E-state index in [2.05, 4.69) is 4.98 Å². The van der Waals surface area contributed by atoms with Gasteiger partial charge in [-0.1, -0.05) is 12.1 Å². The summed E-state index contributed by atoms with van der Waals surface area (Å²) in [5.41, 5.74) is 0.676. The van der Waals surface area contributed by atoms with Gasteiger partial charge in [-0.25, -0.2) is 14.2 Å². The number of hydrogen-bond acceptors (Lipinski definition) is 6. The van der Waals surface area contributed by atoms with E-state index in [-0.39, 0.29) is 29.1 Å². The van der Waals surface area contributed by atoms with Crippen molar-refractivity contribution in [3.63, 3.8) is 0 Å². The van der Waals surface area contributed by atoms with E-state index in [1.165, 1.54) is 62.6 Å². The molecule has 0 saturated heterocycles. The van der Waals surface area contributed by atoms with Crippen LogP contribution in [0, 0.1) is 5.82 Å². The molecule has 0 aliphatic carbocycles. The van der Waals surface area contributed by atoms with Crippen LogP contribution >= 0.6 is 0 Å². The summed E-state index contributed by atoms with van der Waals surface area (Å²) in [6.45, 7) is -0.0821. The number of carbonyl (C=O) groups is 3. The van der Waals surface area contributed by atoms with Gasteiger partial charge >= 0.3 is 5.97 Å². The lowest BCUT2D eigenvalue weighted by Gasteiger charge is -2.10. The maximum absolute atomic E-state index is 12.9. The largest absolute Gasteiger partial charge is 0.507 e. The van der Waals surface area contributed by atoms with Crippen LogP contribution in [0.4, 0.5) is 4.39 Å². The number of phenolic OH excluding ortho intramolecular Hbond substituents is 1. The zero-order valence-corrected chi connectivity index (χ0v) is 15.7. The minimum atomic E-state index is -0.805. The molecule has 0 radical (unpaired) electrons. The summed E-state index contributed by atoms with van der Waals surface area (Å²) in [6, 6.07) is 10.8. The molecule has 1 N–H and O–H groups in total. The van der Waals surface area contributed by atoms with E-state index in [0.29, 0.717) is 10.9 Å². The molecular formula is C21H17FN2O5. The second kappa shape index (κ2) is 8.05. The Morgan fingerprint density at radius 3 is 2.41 bits per heavy atom. The Morgan fingerprint density at radius 1 is 1.07 bits per heavy atom. The van der Waals surface area contributed by atoms with Crippen LogP contribution in [0.3, 0.4) is 0 Å². The molecule has 1 amide bonds. The first-order valence-corrected chi connectivity index (χ1v) is 8.57. The smallest absolute Gasteiger partial charge is 0.338 e. The highest BCUT2D eigenvalue weighted by molar-refractivity contribution is 6.42. The summed E-state index contributed by atoms with van der Waals surface area (Å²) in [4.78, 5) is 41.6. The number of pyridine rings is 1. The van der Waals surface area contributed by atoms with E-state index in [9.17, 15) is 23.9 Å². The Kier molecular flexibility index (Phi) is 5.54.